The molecule has 4 aromatic rings. The Labute approximate surface area is 171 Å². The lowest BCUT2D eigenvalue weighted by Gasteiger charge is -2.12. The van der Waals surface area contributed by atoms with Crippen molar-refractivity contribution in [3.63, 3.8) is 0 Å². The summed E-state index contributed by atoms with van der Waals surface area (Å²) >= 11 is 12.7. The first-order valence-electron chi connectivity index (χ1n) is 8.40. The molecule has 2 aromatic carbocycles. The fraction of sp³-hybridized carbons (Fsp3) is 0.0500. The minimum atomic E-state index is 0.332. The van der Waals surface area contributed by atoms with Crippen molar-refractivity contribution in [3.05, 3.63) is 76.8 Å². The van der Waals surface area contributed by atoms with Crippen molar-refractivity contribution in [2.24, 2.45) is 0 Å². The number of fused-ring (bicyclic) bond motifs is 1. The van der Waals surface area contributed by atoms with Crippen LogP contribution in [-0.2, 0) is 6.61 Å². The maximum atomic E-state index is 6.37. The number of ether oxygens (including phenoxy) is 1. The molecule has 0 unspecified atom stereocenters. The van der Waals surface area contributed by atoms with Crippen molar-refractivity contribution in [1.29, 1.82) is 0 Å². The molecule has 0 bridgehead atoms. The van der Waals surface area contributed by atoms with Crippen molar-refractivity contribution in [2.45, 2.75) is 6.61 Å². The number of pyridine rings is 1. The van der Waals surface area contributed by atoms with Crippen LogP contribution in [0.4, 0.5) is 17.2 Å². The molecule has 28 heavy (non-hydrogen) atoms. The van der Waals surface area contributed by atoms with Crippen LogP contribution in [0.1, 0.15) is 5.69 Å². The molecule has 0 fully saturated rings. The second kappa shape index (κ2) is 7.88. The third kappa shape index (κ3) is 3.78. The van der Waals surface area contributed by atoms with Gasteiger partial charge in [-0.25, -0.2) is 9.97 Å². The lowest BCUT2D eigenvalue weighted by molar-refractivity contribution is 0.301. The Kier molecular flexibility index (Phi) is 5.14. The van der Waals surface area contributed by atoms with Gasteiger partial charge in [-0.1, -0.05) is 29.3 Å². The summed E-state index contributed by atoms with van der Waals surface area (Å²) < 4.78 is 5.75. The van der Waals surface area contributed by atoms with Gasteiger partial charge in [0.1, 0.15) is 24.5 Å². The van der Waals surface area contributed by atoms with Crippen LogP contribution in [0.3, 0.4) is 0 Å². The number of halogens is 2. The molecule has 0 spiro atoms. The number of hydrogen-bond donors (Lipinski definition) is 2. The molecule has 0 saturated heterocycles. The van der Waals surface area contributed by atoms with E-state index in [0.29, 0.717) is 44.8 Å². The van der Waals surface area contributed by atoms with E-state index in [0.717, 1.165) is 11.4 Å². The highest BCUT2D eigenvalue weighted by molar-refractivity contribution is 6.39. The van der Waals surface area contributed by atoms with Crippen molar-refractivity contribution < 1.29 is 4.74 Å². The van der Waals surface area contributed by atoms with E-state index < -0.39 is 0 Å². The molecule has 0 aliphatic carbocycles. The van der Waals surface area contributed by atoms with E-state index in [4.69, 9.17) is 33.7 Å². The number of benzene rings is 2. The van der Waals surface area contributed by atoms with Gasteiger partial charge in [-0.05, 0) is 42.5 Å². The smallest absolute Gasteiger partial charge is 0.143 e. The van der Waals surface area contributed by atoms with Crippen molar-refractivity contribution >= 4 is 51.3 Å². The van der Waals surface area contributed by atoms with Gasteiger partial charge < -0.3 is 15.8 Å². The third-order valence-corrected chi connectivity index (χ3v) is 4.77. The maximum absolute atomic E-state index is 6.37. The standard InChI is InChI=1S/C20H15Cl2N5O/c21-14-9-12(4-7-17(14)28-10-13-3-1-2-8-24-13)27-20-18-16(25-11-26-20)6-5-15(23)19(18)22/h1-9,11H,10,23H2,(H,25,26,27). The number of nitrogens with zero attached hydrogens (tertiary/aromatic N) is 3. The number of rotatable bonds is 5. The van der Waals surface area contributed by atoms with Gasteiger partial charge in [0.15, 0.2) is 0 Å². The monoisotopic (exact) mass is 411 g/mol. The molecule has 0 atom stereocenters. The molecule has 2 aromatic heterocycles. The summed E-state index contributed by atoms with van der Waals surface area (Å²) in [7, 11) is 0. The van der Waals surface area contributed by atoms with Gasteiger partial charge in [0.2, 0.25) is 0 Å². The fourth-order valence-corrected chi connectivity index (χ4v) is 3.17. The van der Waals surface area contributed by atoms with Gasteiger partial charge in [0.25, 0.3) is 0 Å². The minimum absolute atomic E-state index is 0.332. The van der Waals surface area contributed by atoms with Gasteiger partial charge in [0.05, 0.1) is 32.3 Å². The zero-order valence-corrected chi connectivity index (χ0v) is 16.1. The Balaban J connectivity index is 1.57. The number of nitrogens with two attached hydrogens (primary N) is 1. The Bertz CT molecular complexity index is 1140. The third-order valence-electron chi connectivity index (χ3n) is 4.07. The molecule has 0 saturated carbocycles. The second-order valence-corrected chi connectivity index (χ2v) is 6.75. The fourth-order valence-electron chi connectivity index (χ4n) is 2.69. The van der Waals surface area contributed by atoms with Gasteiger partial charge in [-0.15, -0.1) is 0 Å². The number of nitrogen functional groups attached to an aromatic ring is 1. The van der Waals surface area contributed by atoms with E-state index in [9.17, 15) is 0 Å². The Morgan fingerprint density at radius 3 is 2.68 bits per heavy atom. The summed E-state index contributed by atoms with van der Waals surface area (Å²) in [6, 6.07) is 14.5. The molecule has 6 nitrogen and oxygen atoms in total. The summed E-state index contributed by atoms with van der Waals surface area (Å²) in [4.78, 5) is 12.7. The Morgan fingerprint density at radius 2 is 1.89 bits per heavy atom. The number of aromatic nitrogens is 3. The van der Waals surface area contributed by atoms with E-state index in [2.05, 4.69) is 20.3 Å². The predicted molar refractivity (Wildman–Crippen MR) is 112 cm³/mol. The highest BCUT2D eigenvalue weighted by atomic mass is 35.5. The van der Waals surface area contributed by atoms with Crippen molar-refractivity contribution in [2.75, 3.05) is 11.1 Å². The van der Waals surface area contributed by atoms with Gasteiger partial charge in [-0.3, -0.25) is 4.98 Å². The normalized spacial score (nSPS) is 10.8. The Morgan fingerprint density at radius 1 is 1.00 bits per heavy atom. The van der Waals surface area contributed by atoms with Crippen LogP contribution in [0.5, 0.6) is 5.75 Å². The van der Waals surface area contributed by atoms with Crippen LogP contribution in [0, 0.1) is 0 Å². The summed E-state index contributed by atoms with van der Waals surface area (Å²) in [5.41, 5.74) is 8.62. The molecule has 0 aliphatic rings. The van der Waals surface area contributed by atoms with Crippen LogP contribution in [0.25, 0.3) is 10.9 Å². The lowest BCUT2D eigenvalue weighted by Crippen LogP contribution is -2.00. The van der Waals surface area contributed by atoms with Crippen LogP contribution < -0.4 is 15.8 Å². The zero-order valence-electron chi connectivity index (χ0n) is 14.6. The first-order chi connectivity index (χ1) is 13.6. The molecule has 0 radical (unpaired) electrons. The lowest BCUT2D eigenvalue weighted by atomic mass is 10.2. The Hall–Kier alpha value is -3.09. The first kappa shape index (κ1) is 18.3. The van der Waals surface area contributed by atoms with Crippen molar-refractivity contribution in [1.82, 2.24) is 15.0 Å². The molecule has 140 valence electrons. The van der Waals surface area contributed by atoms with Gasteiger partial charge >= 0.3 is 0 Å². The number of anilines is 3. The molecular formula is C20H15Cl2N5O. The van der Waals surface area contributed by atoms with E-state index in [-0.39, 0.29) is 0 Å². The molecule has 0 amide bonds. The second-order valence-electron chi connectivity index (χ2n) is 5.97. The van der Waals surface area contributed by atoms with Crippen LogP contribution in [0.2, 0.25) is 10.0 Å². The van der Waals surface area contributed by atoms with E-state index in [1.807, 2.05) is 24.3 Å². The average molecular weight is 412 g/mol. The summed E-state index contributed by atoms with van der Waals surface area (Å²) in [6.07, 6.45) is 3.18. The first-order valence-corrected chi connectivity index (χ1v) is 9.15. The largest absolute Gasteiger partial charge is 0.486 e. The van der Waals surface area contributed by atoms with Crippen LogP contribution in [0.15, 0.2) is 61.1 Å². The SMILES string of the molecule is Nc1ccc2ncnc(Nc3ccc(OCc4ccccn4)c(Cl)c3)c2c1Cl. The van der Waals surface area contributed by atoms with E-state index in [1.54, 1.807) is 30.5 Å². The van der Waals surface area contributed by atoms with E-state index >= 15 is 0 Å². The summed E-state index contributed by atoms with van der Waals surface area (Å²) in [6.45, 7) is 0.332. The van der Waals surface area contributed by atoms with E-state index in [1.165, 1.54) is 6.33 Å². The topological polar surface area (TPSA) is 86.0 Å². The van der Waals surface area contributed by atoms with Gasteiger partial charge in [-0.2, -0.15) is 0 Å². The predicted octanol–water partition coefficient (Wildman–Crippen LogP) is 5.24. The zero-order chi connectivity index (χ0) is 19.5. The summed E-state index contributed by atoms with van der Waals surface area (Å²) in [5, 5.41) is 4.73. The molecule has 0 aliphatic heterocycles. The van der Waals surface area contributed by atoms with Crippen molar-refractivity contribution in [3.8, 4) is 5.75 Å². The highest BCUT2D eigenvalue weighted by Gasteiger charge is 2.12. The molecule has 2 heterocycles. The highest BCUT2D eigenvalue weighted by Crippen LogP contribution is 2.35. The number of hydrogen-bond acceptors (Lipinski definition) is 6. The molecular weight excluding hydrogens is 397 g/mol. The minimum Gasteiger partial charge on any atom is -0.486 e. The van der Waals surface area contributed by atoms with Crippen LogP contribution in [-0.4, -0.2) is 15.0 Å². The average Bonchev–Trinajstić information content (AvgIpc) is 2.71. The number of nitrogens with one attached hydrogen (secondary N) is 1. The van der Waals surface area contributed by atoms with Crippen LogP contribution >= 0.6 is 23.2 Å². The van der Waals surface area contributed by atoms with Gasteiger partial charge in [0, 0.05) is 11.9 Å². The maximum Gasteiger partial charge on any atom is 0.143 e. The summed E-state index contributed by atoms with van der Waals surface area (Å²) in [5.74, 6) is 1.10. The molecule has 3 N–H and O–H groups in total. The molecule has 8 heteroatoms. The quantitative estimate of drug-likeness (QED) is 0.436. The molecule has 4 rings (SSSR count).